The van der Waals surface area contributed by atoms with Crippen LogP contribution in [0.2, 0.25) is 5.02 Å². The highest BCUT2D eigenvalue weighted by Crippen LogP contribution is 2.37. The first-order valence-corrected chi connectivity index (χ1v) is 12.0. The predicted molar refractivity (Wildman–Crippen MR) is 137 cm³/mol. The summed E-state index contributed by atoms with van der Waals surface area (Å²) >= 11 is 7.33. The molecule has 8 nitrogen and oxygen atoms in total. The highest BCUT2D eigenvalue weighted by molar-refractivity contribution is 7.17. The van der Waals surface area contributed by atoms with Crippen LogP contribution in [0.4, 0.5) is 15.5 Å². The van der Waals surface area contributed by atoms with Crippen molar-refractivity contribution in [2.45, 2.75) is 13.0 Å². The molecule has 1 saturated heterocycles. The standard InChI is InChI=1S/C22H29ClN6O2S.ClH/c1-27-8-10-28(11-9-27)12-13-29-7-6-17-18(14-29)32-21(19(17)20(24)30)26-22(31)25-16-4-2-15(23)3-5-16;/h2-5H,6-14H2,1H3,(H2,24,30)(H2,25,26,31);1H. The number of carbonyl (C=O) groups is 2. The summed E-state index contributed by atoms with van der Waals surface area (Å²) in [6.45, 7) is 8.14. The maximum Gasteiger partial charge on any atom is 0.324 e. The van der Waals surface area contributed by atoms with Crippen LogP contribution in [0.5, 0.6) is 0 Å². The summed E-state index contributed by atoms with van der Waals surface area (Å²) in [5.74, 6) is -0.504. The summed E-state index contributed by atoms with van der Waals surface area (Å²) in [4.78, 5) is 33.1. The molecule has 3 heterocycles. The number of likely N-dealkylation sites (N-methyl/N-ethyl adjacent to an activating group) is 1. The molecule has 4 N–H and O–H groups in total. The fourth-order valence-electron chi connectivity index (χ4n) is 4.15. The summed E-state index contributed by atoms with van der Waals surface area (Å²) in [6.07, 6.45) is 0.757. The highest BCUT2D eigenvalue weighted by Gasteiger charge is 2.28. The third-order valence-corrected chi connectivity index (χ3v) is 7.42. The Balaban J connectivity index is 0.00000306. The minimum Gasteiger partial charge on any atom is -0.365 e. The SMILES string of the molecule is CN1CCN(CCN2CCc3c(sc(NC(=O)Nc4ccc(Cl)cc4)c3C(N)=O)C2)CC1.Cl. The average molecular weight is 513 g/mol. The number of benzene rings is 1. The third kappa shape index (κ3) is 6.59. The van der Waals surface area contributed by atoms with E-state index >= 15 is 0 Å². The molecule has 0 saturated carbocycles. The van der Waals surface area contributed by atoms with Gasteiger partial charge in [-0.3, -0.25) is 19.9 Å². The van der Waals surface area contributed by atoms with Gasteiger partial charge in [0.2, 0.25) is 0 Å². The van der Waals surface area contributed by atoms with E-state index in [9.17, 15) is 9.59 Å². The van der Waals surface area contributed by atoms with Gasteiger partial charge in [0.1, 0.15) is 5.00 Å². The molecule has 1 aromatic heterocycles. The number of hydrogen-bond acceptors (Lipinski definition) is 6. The molecule has 3 amide bonds. The zero-order valence-electron chi connectivity index (χ0n) is 18.6. The number of thiophene rings is 1. The number of fused-ring (bicyclic) bond motifs is 1. The smallest absolute Gasteiger partial charge is 0.324 e. The van der Waals surface area contributed by atoms with Crippen LogP contribution in [0.1, 0.15) is 20.8 Å². The molecule has 0 bridgehead atoms. The Kier molecular flexibility index (Phi) is 8.97. The van der Waals surface area contributed by atoms with Gasteiger partial charge in [-0.25, -0.2) is 4.79 Å². The second-order valence-corrected chi connectivity index (χ2v) is 9.87. The molecule has 1 aromatic carbocycles. The Labute approximate surface area is 209 Å². The third-order valence-electron chi connectivity index (χ3n) is 6.04. The second kappa shape index (κ2) is 11.5. The Hall–Kier alpha value is -1.88. The van der Waals surface area contributed by atoms with Gasteiger partial charge in [0, 0.05) is 67.9 Å². The molecular formula is C22H30Cl2N6O2S. The van der Waals surface area contributed by atoms with Crippen LogP contribution in [-0.2, 0) is 13.0 Å². The molecule has 180 valence electrons. The number of carbonyl (C=O) groups excluding carboxylic acids is 2. The van der Waals surface area contributed by atoms with Crippen LogP contribution >= 0.6 is 35.3 Å². The first kappa shape index (κ1) is 25.7. The molecule has 4 rings (SSSR count). The number of nitrogens with one attached hydrogen (secondary N) is 2. The van der Waals surface area contributed by atoms with Crippen LogP contribution in [0, 0.1) is 0 Å². The van der Waals surface area contributed by atoms with Gasteiger partial charge in [0.05, 0.1) is 5.56 Å². The normalized spacial score (nSPS) is 17.2. The summed E-state index contributed by atoms with van der Waals surface area (Å²) in [6, 6.07) is 6.42. The van der Waals surface area contributed by atoms with Gasteiger partial charge in [0.25, 0.3) is 5.91 Å². The number of primary amides is 1. The maximum absolute atomic E-state index is 12.5. The molecular weight excluding hydrogens is 483 g/mol. The van der Waals surface area contributed by atoms with Crippen LogP contribution in [0.25, 0.3) is 0 Å². The van der Waals surface area contributed by atoms with Crippen molar-refractivity contribution in [2.24, 2.45) is 5.73 Å². The first-order valence-electron chi connectivity index (χ1n) is 10.8. The number of nitrogens with zero attached hydrogens (tertiary/aromatic N) is 3. The van der Waals surface area contributed by atoms with Crippen molar-refractivity contribution in [2.75, 3.05) is 63.5 Å². The number of halogens is 2. The van der Waals surface area contributed by atoms with Crippen LogP contribution in [0.15, 0.2) is 24.3 Å². The van der Waals surface area contributed by atoms with E-state index in [1.165, 1.54) is 11.3 Å². The zero-order valence-corrected chi connectivity index (χ0v) is 21.0. The topological polar surface area (TPSA) is 93.9 Å². The summed E-state index contributed by atoms with van der Waals surface area (Å²) < 4.78 is 0. The van der Waals surface area contributed by atoms with Gasteiger partial charge >= 0.3 is 6.03 Å². The minimum absolute atomic E-state index is 0. The van der Waals surface area contributed by atoms with Crippen LogP contribution in [-0.4, -0.2) is 79.5 Å². The van der Waals surface area contributed by atoms with E-state index < -0.39 is 11.9 Å². The van der Waals surface area contributed by atoms with Crippen molar-refractivity contribution in [1.82, 2.24) is 14.7 Å². The lowest BCUT2D eigenvalue weighted by Gasteiger charge is -2.34. The van der Waals surface area contributed by atoms with Gasteiger partial charge in [-0.2, -0.15) is 0 Å². The molecule has 2 aliphatic rings. The lowest BCUT2D eigenvalue weighted by atomic mass is 10.0. The molecule has 0 unspecified atom stereocenters. The molecule has 2 aliphatic heterocycles. The molecule has 11 heteroatoms. The molecule has 2 aromatic rings. The maximum atomic E-state index is 12.5. The molecule has 33 heavy (non-hydrogen) atoms. The average Bonchev–Trinajstić information content (AvgIpc) is 3.12. The lowest BCUT2D eigenvalue weighted by Crippen LogP contribution is -2.47. The van der Waals surface area contributed by atoms with Gasteiger partial charge in [-0.15, -0.1) is 23.7 Å². The predicted octanol–water partition coefficient (Wildman–Crippen LogP) is 3.17. The second-order valence-electron chi connectivity index (χ2n) is 8.33. The van der Waals surface area contributed by atoms with Crippen LogP contribution < -0.4 is 16.4 Å². The van der Waals surface area contributed by atoms with Gasteiger partial charge in [0.15, 0.2) is 0 Å². The van der Waals surface area contributed by atoms with Gasteiger partial charge in [-0.05, 0) is 43.3 Å². The zero-order chi connectivity index (χ0) is 22.7. The fraction of sp³-hybridized carbons (Fsp3) is 0.455. The molecule has 0 aliphatic carbocycles. The van der Waals surface area contributed by atoms with Crippen molar-refractivity contribution >= 4 is 58.0 Å². The van der Waals surface area contributed by atoms with Crippen molar-refractivity contribution in [3.05, 3.63) is 45.3 Å². The van der Waals surface area contributed by atoms with E-state index in [2.05, 4.69) is 32.4 Å². The van der Waals surface area contributed by atoms with E-state index in [0.29, 0.717) is 21.3 Å². The largest absolute Gasteiger partial charge is 0.365 e. The Bertz CT molecular complexity index is 976. The van der Waals surface area contributed by atoms with E-state index in [0.717, 1.165) is 69.2 Å². The van der Waals surface area contributed by atoms with E-state index in [-0.39, 0.29) is 12.4 Å². The summed E-state index contributed by atoms with van der Waals surface area (Å²) in [5.41, 5.74) is 7.71. The van der Waals surface area contributed by atoms with Crippen molar-refractivity contribution in [3.8, 4) is 0 Å². The Morgan fingerprint density at radius 1 is 1.03 bits per heavy atom. The molecule has 0 atom stereocenters. The van der Waals surface area contributed by atoms with E-state index in [4.69, 9.17) is 17.3 Å². The number of amides is 3. The Morgan fingerprint density at radius 2 is 1.70 bits per heavy atom. The quantitative estimate of drug-likeness (QED) is 0.552. The molecule has 0 radical (unpaired) electrons. The van der Waals surface area contributed by atoms with Crippen molar-refractivity contribution in [3.63, 3.8) is 0 Å². The number of hydrogen-bond donors (Lipinski definition) is 3. The number of nitrogens with two attached hydrogens (primary N) is 1. The van der Waals surface area contributed by atoms with Crippen LogP contribution in [0.3, 0.4) is 0 Å². The van der Waals surface area contributed by atoms with Gasteiger partial charge < -0.3 is 16.0 Å². The number of urea groups is 1. The number of piperazine rings is 1. The van der Waals surface area contributed by atoms with Gasteiger partial charge in [-0.1, -0.05) is 11.6 Å². The minimum atomic E-state index is -0.504. The highest BCUT2D eigenvalue weighted by atomic mass is 35.5. The van der Waals surface area contributed by atoms with E-state index in [1.54, 1.807) is 24.3 Å². The van der Waals surface area contributed by atoms with Crippen molar-refractivity contribution < 1.29 is 9.59 Å². The summed E-state index contributed by atoms with van der Waals surface area (Å²) in [7, 11) is 2.16. The Morgan fingerprint density at radius 3 is 2.36 bits per heavy atom. The van der Waals surface area contributed by atoms with Crippen molar-refractivity contribution in [1.29, 1.82) is 0 Å². The number of rotatable bonds is 6. The monoisotopic (exact) mass is 512 g/mol. The molecule has 0 spiro atoms. The lowest BCUT2D eigenvalue weighted by molar-refractivity contribution is 0.0999. The first-order chi connectivity index (χ1) is 15.4. The number of anilines is 2. The van der Waals surface area contributed by atoms with E-state index in [1.807, 2.05) is 0 Å². The fourth-order valence-corrected chi connectivity index (χ4v) is 5.57. The molecule has 1 fully saturated rings. The summed E-state index contributed by atoms with van der Waals surface area (Å²) in [5, 5.41) is 6.68.